The molecule has 150 valence electrons. The van der Waals surface area contributed by atoms with E-state index in [4.69, 9.17) is 15.2 Å². The lowest BCUT2D eigenvalue weighted by molar-refractivity contribution is 0.0297. The highest BCUT2D eigenvalue weighted by atomic mass is 16.5. The Morgan fingerprint density at radius 1 is 1.21 bits per heavy atom. The second kappa shape index (κ2) is 6.97. The Morgan fingerprint density at radius 3 is 2.72 bits per heavy atom. The largest absolute Gasteiger partial charge is 0.481 e. The van der Waals surface area contributed by atoms with Crippen LogP contribution in [0.5, 0.6) is 5.88 Å². The van der Waals surface area contributed by atoms with Gasteiger partial charge in [-0.1, -0.05) is 0 Å². The molecule has 0 spiro atoms. The summed E-state index contributed by atoms with van der Waals surface area (Å²) in [5.74, 6) is 1.37. The van der Waals surface area contributed by atoms with Gasteiger partial charge in [0.15, 0.2) is 0 Å². The quantitative estimate of drug-likeness (QED) is 0.651. The predicted octanol–water partition coefficient (Wildman–Crippen LogP) is 3.07. The van der Waals surface area contributed by atoms with Crippen molar-refractivity contribution in [2.24, 2.45) is 5.73 Å². The number of methoxy groups -OCH3 is 1. The van der Waals surface area contributed by atoms with Crippen LogP contribution < -0.4 is 15.8 Å². The Morgan fingerprint density at radius 2 is 2.00 bits per heavy atom. The number of rotatable bonds is 4. The smallest absolute Gasteiger partial charge is 0.340 e. The molecule has 8 heteroatoms. The molecule has 29 heavy (non-hydrogen) atoms. The summed E-state index contributed by atoms with van der Waals surface area (Å²) in [4.78, 5) is 25.4. The molecule has 0 bridgehead atoms. The number of cyclic esters (lactones) is 1. The van der Waals surface area contributed by atoms with Crippen LogP contribution in [0.4, 0.5) is 11.6 Å². The van der Waals surface area contributed by atoms with Crippen molar-refractivity contribution < 1.29 is 14.3 Å². The first-order valence-electron chi connectivity index (χ1n) is 9.36. The molecule has 0 amide bonds. The van der Waals surface area contributed by atoms with Gasteiger partial charge in [0.2, 0.25) is 5.88 Å². The third-order valence-electron chi connectivity index (χ3n) is 4.86. The van der Waals surface area contributed by atoms with Crippen LogP contribution in [0.3, 0.4) is 0 Å². The van der Waals surface area contributed by atoms with Gasteiger partial charge in [-0.25, -0.2) is 19.7 Å². The van der Waals surface area contributed by atoms with Gasteiger partial charge in [0, 0.05) is 24.4 Å². The maximum Gasteiger partial charge on any atom is 0.340 e. The fourth-order valence-corrected chi connectivity index (χ4v) is 3.46. The second-order valence-electron chi connectivity index (χ2n) is 7.75. The monoisotopic (exact) mass is 393 g/mol. The minimum atomic E-state index is -0.587. The number of aromatic nitrogens is 3. The number of nitrogens with zero attached hydrogens (tertiary/aromatic N) is 3. The van der Waals surface area contributed by atoms with E-state index in [1.807, 2.05) is 26.8 Å². The second-order valence-corrected chi connectivity index (χ2v) is 7.75. The molecular formula is C21H23N5O3. The Hall–Kier alpha value is -3.26. The molecule has 0 aromatic carbocycles. The molecule has 1 atom stereocenters. The van der Waals surface area contributed by atoms with E-state index in [0.717, 1.165) is 16.3 Å². The van der Waals surface area contributed by atoms with Gasteiger partial charge in [0.05, 0.1) is 23.8 Å². The summed E-state index contributed by atoms with van der Waals surface area (Å²) in [6.07, 6.45) is 3.83. The van der Waals surface area contributed by atoms with Gasteiger partial charge >= 0.3 is 5.97 Å². The van der Waals surface area contributed by atoms with Crippen molar-refractivity contribution >= 4 is 28.4 Å². The van der Waals surface area contributed by atoms with Crippen LogP contribution in [0.15, 0.2) is 30.6 Å². The maximum atomic E-state index is 12.0. The van der Waals surface area contributed by atoms with Crippen LogP contribution in [-0.2, 0) is 16.7 Å². The lowest BCUT2D eigenvalue weighted by Crippen LogP contribution is -2.29. The fourth-order valence-electron chi connectivity index (χ4n) is 3.46. The molecule has 0 fully saturated rings. The van der Waals surface area contributed by atoms with E-state index in [9.17, 15) is 4.79 Å². The molecule has 0 saturated carbocycles. The van der Waals surface area contributed by atoms with Crippen molar-refractivity contribution in [1.82, 2.24) is 15.0 Å². The Bertz CT molecular complexity index is 1110. The normalized spacial score (nSPS) is 16.3. The molecule has 3 N–H and O–H groups in total. The Kier molecular flexibility index (Phi) is 4.58. The molecule has 8 nitrogen and oxygen atoms in total. The summed E-state index contributed by atoms with van der Waals surface area (Å²) >= 11 is 0. The first-order chi connectivity index (χ1) is 13.8. The van der Waals surface area contributed by atoms with Gasteiger partial charge in [-0.2, -0.15) is 0 Å². The number of carbonyl (C=O) groups is 1. The van der Waals surface area contributed by atoms with Crippen molar-refractivity contribution in [1.29, 1.82) is 0 Å². The number of nitrogens with one attached hydrogen (secondary N) is 1. The molecule has 1 unspecified atom stereocenters. The van der Waals surface area contributed by atoms with E-state index in [0.29, 0.717) is 35.2 Å². The van der Waals surface area contributed by atoms with Crippen LogP contribution in [0, 0.1) is 0 Å². The van der Waals surface area contributed by atoms with Crippen LogP contribution in [0.1, 0.15) is 42.4 Å². The SMILES string of the molecule is COc1ncc(C(C)(C)N)c2cc(Nc3ccc4c(n3)CC(C)OC4=O)ncc12. The molecule has 1 aliphatic heterocycles. The van der Waals surface area contributed by atoms with Crippen LogP contribution in [-0.4, -0.2) is 34.1 Å². The highest BCUT2D eigenvalue weighted by molar-refractivity contribution is 5.93. The third kappa shape index (κ3) is 3.58. The number of carbonyl (C=O) groups excluding carboxylic acids is 1. The van der Waals surface area contributed by atoms with Crippen molar-refractivity contribution in [3.63, 3.8) is 0 Å². The molecule has 0 aliphatic carbocycles. The maximum absolute atomic E-state index is 12.0. The van der Waals surface area contributed by atoms with E-state index in [1.54, 1.807) is 31.6 Å². The minimum absolute atomic E-state index is 0.189. The zero-order valence-electron chi connectivity index (χ0n) is 16.8. The lowest BCUT2D eigenvalue weighted by atomic mass is 9.93. The number of nitrogens with two attached hydrogens (primary N) is 1. The van der Waals surface area contributed by atoms with Crippen molar-refractivity contribution in [2.75, 3.05) is 12.4 Å². The van der Waals surface area contributed by atoms with Gasteiger partial charge in [0.25, 0.3) is 0 Å². The standard InChI is InChI=1S/C21H23N5O3/c1-11-7-16-12(20(27)29-11)5-6-17(25-16)26-18-8-13-14(9-23-18)19(28-4)24-10-15(13)21(2,3)22/h5-6,8-11H,7,22H2,1-4H3,(H,23,25,26). The van der Waals surface area contributed by atoms with Crippen molar-refractivity contribution in [3.8, 4) is 5.88 Å². The first kappa shape index (κ1) is 19.1. The number of hydrogen-bond donors (Lipinski definition) is 2. The van der Waals surface area contributed by atoms with Gasteiger partial charge in [-0.05, 0) is 49.9 Å². The Labute approximate surface area is 168 Å². The van der Waals surface area contributed by atoms with E-state index < -0.39 is 5.54 Å². The molecular weight excluding hydrogens is 370 g/mol. The molecule has 3 aromatic heterocycles. The van der Waals surface area contributed by atoms with Crippen LogP contribution in [0.25, 0.3) is 10.8 Å². The fraction of sp³-hybridized carbons (Fsp3) is 0.333. The molecule has 0 saturated heterocycles. The van der Waals surface area contributed by atoms with E-state index >= 15 is 0 Å². The van der Waals surface area contributed by atoms with Gasteiger partial charge < -0.3 is 20.5 Å². The first-order valence-corrected chi connectivity index (χ1v) is 9.36. The average molecular weight is 393 g/mol. The predicted molar refractivity (Wildman–Crippen MR) is 109 cm³/mol. The summed E-state index contributed by atoms with van der Waals surface area (Å²) in [5.41, 5.74) is 7.86. The third-order valence-corrected chi connectivity index (χ3v) is 4.86. The summed E-state index contributed by atoms with van der Waals surface area (Å²) in [6.45, 7) is 5.70. The summed E-state index contributed by atoms with van der Waals surface area (Å²) in [6, 6.07) is 5.37. The topological polar surface area (TPSA) is 112 Å². The summed E-state index contributed by atoms with van der Waals surface area (Å²) in [7, 11) is 1.57. The molecule has 0 radical (unpaired) electrons. The number of ether oxygens (including phenoxy) is 2. The van der Waals surface area contributed by atoms with Crippen molar-refractivity contribution in [3.05, 3.63) is 47.4 Å². The molecule has 1 aliphatic rings. The van der Waals surface area contributed by atoms with Gasteiger partial charge in [0.1, 0.15) is 17.7 Å². The molecule has 3 aromatic rings. The zero-order chi connectivity index (χ0) is 20.8. The minimum Gasteiger partial charge on any atom is -0.481 e. The number of fused-ring (bicyclic) bond motifs is 2. The number of anilines is 2. The van der Waals surface area contributed by atoms with Crippen LogP contribution >= 0.6 is 0 Å². The van der Waals surface area contributed by atoms with Crippen LogP contribution in [0.2, 0.25) is 0 Å². The van der Waals surface area contributed by atoms with Gasteiger partial charge in [-0.15, -0.1) is 0 Å². The number of hydrogen-bond acceptors (Lipinski definition) is 8. The summed E-state index contributed by atoms with van der Waals surface area (Å²) < 4.78 is 10.6. The highest BCUT2D eigenvalue weighted by Gasteiger charge is 2.25. The summed E-state index contributed by atoms with van der Waals surface area (Å²) in [5, 5.41) is 4.90. The zero-order valence-corrected chi connectivity index (χ0v) is 16.8. The molecule has 4 rings (SSSR count). The number of pyridine rings is 3. The van der Waals surface area contributed by atoms with E-state index in [-0.39, 0.29) is 12.1 Å². The number of esters is 1. The molecule has 4 heterocycles. The average Bonchev–Trinajstić information content (AvgIpc) is 2.65. The van der Waals surface area contributed by atoms with Crippen molar-refractivity contribution in [2.45, 2.75) is 38.8 Å². The van der Waals surface area contributed by atoms with E-state index in [1.165, 1.54) is 0 Å². The van der Waals surface area contributed by atoms with E-state index in [2.05, 4.69) is 20.3 Å². The Balaban J connectivity index is 1.74. The van der Waals surface area contributed by atoms with Gasteiger partial charge in [-0.3, -0.25) is 0 Å². The highest BCUT2D eigenvalue weighted by Crippen LogP contribution is 2.32. The lowest BCUT2D eigenvalue weighted by Gasteiger charge is -2.22.